The molecule has 0 unspecified atom stereocenters. The molecule has 0 aliphatic heterocycles. The molecule has 1 heterocycles. The Balaban J connectivity index is 2.78. The van der Waals surface area contributed by atoms with E-state index in [0.29, 0.717) is 9.99 Å². The lowest BCUT2D eigenvalue weighted by Crippen LogP contribution is -2.10. The number of aromatic amines is 1. The molecule has 0 spiro atoms. The van der Waals surface area contributed by atoms with Gasteiger partial charge in [-0.3, -0.25) is 0 Å². The van der Waals surface area contributed by atoms with Crippen molar-refractivity contribution in [2.75, 3.05) is 0 Å². The number of hydrogen-bond donors (Lipinski definition) is 1. The van der Waals surface area contributed by atoms with Gasteiger partial charge in [-0.25, -0.2) is 8.42 Å². The zero-order valence-corrected chi connectivity index (χ0v) is 10.1. The molecule has 2 aromatic rings. The van der Waals surface area contributed by atoms with Crippen molar-refractivity contribution in [2.45, 2.75) is 10.7 Å². The molecule has 2 rings (SSSR count). The summed E-state index contributed by atoms with van der Waals surface area (Å²) in [6, 6.07) is 4.76. The van der Waals surface area contributed by atoms with Crippen molar-refractivity contribution in [3.63, 3.8) is 0 Å². The first-order valence-electron chi connectivity index (χ1n) is 4.22. The van der Waals surface area contributed by atoms with Crippen LogP contribution in [0, 0.1) is 0 Å². The molecule has 7 heteroatoms. The summed E-state index contributed by atoms with van der Waals surface area (Å²) >= 11 is 3.20. The Morgan fingerprint density at radius 3 is 2.62 bits per heavy atom. The molecular formula is C9H6BrF2NO2S. The fourth-order valence-corrected chi connectivity index (χ4v) is 2.80. The molecule has 0 amide bonds. The standard InChI is InChI=1S/C9H6BrF2NO2S/c10-6-3-1-2-5-7(4-13-8(5)6)16(14,15)9(11)12/h1-4,9,13H. The van der Waals surface area contributed by atoms with Gasteiger partial charge in [-0.15, -0.1) is 0 Å². The first-order valence-corrected chi connectivity index (χ1v) is 6.56. The first-order chi connectivity index (χ1) is 7.44. The van der Waals surface area contributed by atoms with Crippen molar-refractivity contribution >= 4 is 36.7 Å². The van der Waals surface area contributed by atoms with Crippen LogP contribution in [0.2, 0.25) is 0 Å². The third-order valence-electron chi connectivity index (χ3n) is 2.17. The van der Waals surface area contributed by atoms with Crippen molar-refractivity contribution in [1.82, 2.24) is 4.98 Å². The van der Waals surface area contributed by atoms with Gasteiger partial charge in [-0.1, -0.05) is 12.1 Å². The molecule has 0 saturated carbocycles. The maximum absolute atomic E-state index is 12.4. The quantitative estimate of drug-likeness (QED) is 0.927. The molecule has 0 aliphatic rings. The van der Waals surface area contributed by atoms with Crippen molar-refractivity contribution in [1.29, 1.82) is 0 Å². The predicted molar refractivity (Wildman–Crippen MR) is 59.2 cm³/mol. The van der Waals surface area contributed by atoms with Gasteiger partial charge in [0.15, 0.2) is 0 Å². The molecule has 3 nitrogen and oxygen atoms in total. The Morgan fingerprint density at radius 1 is 1.31 bits per heavy atom. The summed E-state index contributed by atoms with van der Waals surface area (Å²) in [5, 5.41) is 0.259. The van der Waals surface area contributed by atoms with E-state index in [4.69, 9.17) is 0 Å². The molecule has 1 N–H and O–H groups in total. The monoisotopic (exact) mass is 309 g/mol. The maximum atomic E-state index is 12.4. The van der Waals surface area contributed by atoms with Crippen LogP contribution in [0.3, 0.4) is 0 Å². The average molecular weight is 310 g/mol. The van der Waals surface area contributed by atoms with Crippen LogP contribution in [0.1, 0.15) is 0 Å². The number of nitrogens with one attached hydrogen (secondary N) is 1. The number of aromatic nitrogens is 1. The summed E-state index contributed by atoms with van der Waals surface area (Å²) in [5.41, 5.74) is 0.488. The van der Waals surface area contributed by atoms with Crippen molar-refractivity contribution < 1.29 is 17.2 Å². The van der Waals surface area contributed by atoms with E-state index in [9.17, 15) is 17.2 Å². The highest BCUT2D eigenvalue weighted by molar-refractivity contribution is 9.10. The van der Waals surface area contributed by atoms with E-state index in [1.54, 1.807) is 12.1 Å². The van der Waals surface area contributed by atoms with E-state index in [1.165, 1.54) is 6.07 Å². The molecule has 1 aromatic carbocycles. The van der Waals surface area contributed by atoms with E-state index in [2.05, 4.69) is 20.9 Å². The van der Waals surface area contributed by atoms with Crippen molar-refractivity contribution in [2.24, 2.45) is 0 Å². The van der Waals surface area contributed by atoms with Gasteiger partial charge >= 0.3 is 5.76 Å². The Morgan fingerprint density at radius 2 is 2.00 bits per heavy atom. The summed E-state index contributed by atoms with van der Waals surface area (Å²) in [4.78, 5) is 2.28. The number of alkyl halides is 2. The molecule has 86 valence electrons. The van der Waals surface area contributed by atoms with Gasteiger partial charge in [-0.2, -0.15) is 8.78 Å². The summed E-state index contributed by atoms with van der Waals surface area (Å²) in [6.45, 7) is 0. The lowest BCUT2D eigenvalue weighted by atomic mass is 10.2. The summed E-state index contributed by atoms with van der Waals surface area (Å²) in [6.07, 6.45) is 1.08. The Labute approximate surface area is 98.5 Å². The highest BCUT2D eigenvalue weighted by Crippen LogP contribution is 2.30. The number of para-hydroxylation sites is 1. The highest BCUT2D eigenvalue weighted by Gasteiger charge is 2.29. The summed E-state index contributed by atoms with van der Waals surface area (Å²) in [5.74, 6) is -3.41. The Kier molecular flexibility index (Phi) is 2.75. The van der Waals surface area contributed by atoms with Gasteiger partial charge < -0.3 is 4.98 Å². The minimum atomic E-state index is -4.56. The zero-order chi connectivity index (χ0) is 11.9. The molecule has 0 radical (unpaired) electrons. The molecule has 0 bridgehead atoms. The number of sulfone groups is 1. The lowest BCUT2D eigenvalue weighted by Gasteiger charge is -2.00. The van der Waals surface area contributed by atoms with E-state index in [1.807, 2.05) is 0 Å². The van der Waals surface area contributed by atoms with Crippen LogP contribution in [0.15, 0.2) is 33.8 Å². The smallest absolute Gasteiger partial charge is 0.341 e. The summed E-state index contributed by atoms with van der Waals surface area (Å²) < 4.78 is 48.1. The lowest BCUT2D eigenvalue weighted by molar-refractivity contribution is 0.235. The number of rotatable bonds is 2. The van der Waals surface area contributed by atoms with E-state index in [-0.39, 0.29) is 10.3 Å². The number of halogens is 3. The van der Waals surface area contributed by atoms with Crippen LogP contribution < -0.4 is 0 Å². The minimum absolute atomic E-state index is 0.259. The van der Waals surface area contributed by atoms with E-state index >= 15 is 0 Å². The maximum Gasteiger partial charge on any atom is 0.341 e. The van der Waals surface area contributed by atoms with E-state index < -0.39 is 15.6 Å². The van der Waals surface area contributed by atoms with Gasteiger partial charge in [0.25, 0.3) is 0 Å². The predicted octanol–water partition coefficient (Wildman–Crippen LogP) is 2.93. The topological polar surface area (TPSA) is 49.9 Å². The SMILES string of the molecule is O=S(=O)(c1c[nH]c2c(Br)cccc12)C(F)F. The largest absolute Gasteiger partial charge is 0.359 e. The van der Waals surface area contributed by atoms with Gasteiger partial charge in [0.2, 0.25) is 9.84 Å². The number of hydrogen-bond acceptors (Lipinski definition) is 2. The third kappa shape index (κ3) is 1.63. The van der Waals surface area contributed by atoms with Crippen molar-refractivity contribution in [3.05, 3.63) is 28.9 Å². The fraction of sp³-hybridized carbons (Fsp3) is 0.111. The number of fused-ring (bicyclic) bond motifs is 1. The molecule has 0 saturated heterocycles. The van der Waals surface area contributed by atoms with Crippen LogP contribution in [0.5, 0.6) is 0 Å². The second-order valence-corrected chi connectivity index (χ2v) is 5.86. The second kappa shape index (κ2) is 3.81. The molecule has 0 atom stereocenters. The average Bonchev–Trinajstić information content (AvgIpc) is 2.63. The third-order valence-corrected chi connectivity index (χ3v) is 4.25. The van der Waals surface area contributed by atoms with Crippen LogP contribution in [-0.4, -0.2) is 19.2 Å². The Hall–Kier alpha value is -0.950. The molecule has 16 heavy (non-hydrogen) atoms. The van der Waals surface area contributed by atoms with Gasteiger partial charge in [0, 0.05) is 16.1 Å². The Bertz CT molecular complexity index is 636. The molecular weight excluding hydrogens is 304 g/mol. The second-order valence-electron chi connectivity index (χ2n) is 3.12. The zero-order valence-electron chi connectivity index (χ0n) is 7.75. The fourth-order valence-electron chi connectivity index (χ4n) is 1.42. The van der Waals surface area contributed by atoms with Gasteiger partial charge in [0.05, 0.1) is 10.4 Å². The highest BCUT2D eigenvalue weighted by atomic mass is 79.9. The van der Waals surface area contributed by atoms with Gasteiger partial charge in [-0.05, 0) is 22.0 Å². The van der Waals surface area contributed by atoms with Gasteiger partial charge in [0.1, 0.15) is 0 Å². The van der Waals surface area contributed by atoms with Crippen molar-refractivity contribution in [3.8, 4) is 0 Å². The number of H-pyrrole nitrogens is 1. The van der Waals surface area contributed by atoms with Crippen LogP contribution in [0.4, 0.5) is 8.78 Å². The first kappa shape index (κ1) is 11.5. The number of benzene rings is 1. The van der Waals surface area contributed by atoms with Crippen LogP contribution >= 0.6 is 15.9 Å². The summed E-state index contributed by atoms with van der Waals surface area (Å²) in [7, 11) is -4.56. The minimum Gasteiger partial charge on any atom is -0.359 e. The molecule has 0 aliphatic carbocycles. The normalized spacial score (nSPS) is 12.5. The van der Waals surface area contributed by atoms with Crippen LogP contribution in [-0.2, 0) is 9.84 Å². The molecule has 1 aromatic heterocycles. The molecule has 0 fully saturated rings. The van der Waals surface area contributed by atoms with E-state index in [0.717, 1.165) is 6.20 Å². The van der Waals surface area contributed by atoms with Crippen LogP contribution in [0.25, 0.3) is 10.9 Å².